The second kappa shape index (κ2) is 10.4. The van der Waals surface area contributed by atoms with Gasteiger partial charge in [0.15, 0.2) is 0 Å². The molecule has 0 amide bonds. The summed E-state index contributed by atoms with van der Waals surface area (Å²) >= 11 is 0. The van der Waals surface area contributed by atoms with Gasteiger partial charge in [0.1, 0.15) is 28.5 Å². The van der Waals surface area contributed by atoms with Crippen molar-refractivity contribution in [3.63, 3.8) is 0 Å². The van der Waals surface area contributed by atoms with Crippen LogP contribution in [0.4, 0.5) is 0 Å². The predicted molar refractivity (Wildman–Crippen MR) is 154 cm³/mol. The lowest BCUT2D eigenvalue weighted by Gasteiger charge is -2.28. The number of morpholine rings is 1. The maximum absolute atomic E-state index is 5.54. The summed E-state index contributed by atoms with van der Waals surface area (Å²) in [6.45, 7) is 5.77. The van der Waals surface area contributed by atoms with E-state index in [4.69, 9.17) is 4.74 Å². The fourth-order valence-corrected chi connectivity index (χ4v) is 10.0. The van der Waals surface area contributed by atoms with Crippen LogP contribution in [0.5, 0.6) is 0 Å². The third-order valence-corrected chi connectivity index (χ3v) is 11.7. The van der Waals surface area contributed by atoms with Crippen molar-refractivity contribution in [3.05, 3.63) is 121 Å². The van der Waals surface area contributed by atoms with Crippen molar-refractivity contribution in [1.29, 1.82) is 0 Å². The lowest BCUT2D eigenvalue weighted by atomic mass is 10.2. The summed E-state index contributed by atoms with van der Waals surface area (Å²) < 4.78 is 7.98. The van der Waals surface area contributed by atoms with Crippen LogP contribution in [-0.4, -0.2) is 42.3 Å². The second-order valence-corrected chi connectivity index (χ2v) is 12.7. The second-order valence-electron chi connectivity index (χ2n) is 9.35. The standard InChI is InChI=1S/C32H32N2OP/c1-4-11-27(12-5-1)36(28-13-6-2-7-14-28,29-15-8-3-9-16-29)32-18-10-17-31-30(32)19-20-34(31)22-21-33-23-25-35-26-24-33/h1-20H,21-26H2/q+1. The minimum atomic E-state index is -2.12. The molecule has 1 saturated heterocycles. The van der Waals surface area contributed by atoms with Gasteiger partial charge in [-0.15, -0.1) is 0 Å². The van der Waals surface area contributed by atoms with E-state index in [1.807, 2.05) is 0 Å². The van der Waals surface area contributed by atoms with Gasteiger partial charge in [-0.1, -0.05) is 60.7 Å². The van der Waals surface area contributed by atoms with E-state index in [-0.39, 0.29) is 0 Å². The van der Waals surface area contributed by atoms with Crippen molar-refractivity contribution < 1.29 is 4.74 Å². The molecular weight excluding hydrogens is 459 g/mol. The third-order valence-electron chi connectivity index (χ3n) is 7.34. The lowest BCUT2D eigenvalue weighted by Crippen LogP contribution is -2.39. The first-order chi connectivity index (χ1) is 17.9. The Kier molecular flexibility index (Phi) is 6.70. The molecule has 5 aromatic rings. The highest BCUT2D eigenvalue weighted by Crippen LogP contribution is 2.55. The molecule has 0 unspecified atom stereocenters. The molecule has 0 atom stereocenters. The van der Waals surface area contributed by atoms with Crippen LogP contribution in [0.15, 0.2) is 121 Å². The summed E-state index contributed by atoms with van der Waals surface area (Å²) in [7, 11) is -2.12. The zero-order valence-corrected chi connectivity index (χ0v) is 21.4. The number of hydrogen-bond acceptors (Lipinski definition) is 2. The molecule has 1 aliphatic heterocycles. The van der Waals surface area contributed by atoms with E-state index in [2.05, 4.69) is 131 Å². The SMILES string of the molecule is c1ccc([P+](c2ccccc2)(c2ccccc2)c2cccc3c2ccn3CCN2CCOCC2)cc1. The lowest BCUT2D eigenvalue weighted by molar-refractivity contribution is 0.0365. The van der Waals surface area contributed by atoms with E-state index >= 15 is 0 Å². The van der Waals surface area contributed by atoms with Gasteiger partial charge < -0.3 is 9.30 Å². The molecule has 1 aromatic heterocycles. The van der Waals surface area contributed by atoms with Crippen LogP contribution in [0.1, 0.15) is 0 Å². The zero-order chi connectivity index (χ0) is 24.2. The van der Waals surface area contributed by atoms with Gasteiger partial charge in [0.2, 0.25) is 0 Å². The van der Waals surface area contributed by atoms with Gasteiger partial charge in [-0.3, -0.25) is 4.90 Å². The molecule has 0 spiro atoms. The number of rotatable bonds is 7. The Morgan fingerprint density at radius 3 is 1.69 bits per heavy atom. The highest BCUT2D eigenvalue weighted by molar-refractivity contribution is 8.01. The van der Waals surface area contributed by atoms with E-state index in [9.17, 15) is 0 Å². The van der Waals surface area contributed by atoms with Crippen molar-refractivity contribution >= 4 is 39.4 Å². The summed E-state index contributed by atoms with van der Waals surface area (Å²) in [6, 6.07) is 42.7. The van der Waals surface area contributed by atoms with E-state index < -0.39 is 7.26 Å². The summed E-state index contributed by atoms with van der Waals surface area (Å²) in [5.74, 6) is 0. The van der Waals surface area contributed by atoms with Crippen molar-refractivity contribution in [1.82, 2.24) is 9.47 Å². The van der Waals surface area contributed by atoms with Crippen molar-refractivity contribution in [2.24, 2.45) is 0 Å². The molecule has 3 nitrogen and oxygen atoms in total. The van der Waals surface area contributed by atoms with Crippen LogP contribution in [0.2, 0.25) is 0 Å². The molecule has 4 aromatic carbocycles. The first-order valence-corrected chi connectivity index (χ1v) is 14.6. The molecule has 6 rings (SSSR count). The Morgan fingerprint density at radius 2 is 1.14 bits per heavy atom. The van der Waals surface area contributed by atoms with E-state index in [1.165, 1.54) is 32.1 Å². The van der Waals surface area contributed by atoms with Crippen LogP contribution in [-0.2, 0) is 11.3 Å². The maximum Gasteiger partial charge on any atom is 0.145 e. The molecule has 0 bridgehead atoms. The third kappa shape index (κ3) is 4.18. The molecule has 0 N–H and O–H groups in total. The quantitative estimate of drug-likeness (QED) is 0.310. The van der Waals surface area contributed by atoms with Crippen LogP contribution >= 0.6 is 7.26 Å². The van der Waals surface area contributed by atoms with Gasteiger partial charge in [-0.25, -0.2) is 0 Å². The molecular formula is C32H32N2OP+. The first-order valence-electron chi connectivity index (χ1n) is 12.8. The Morgan fingerprint density at radius 1 is 0.583 bits per heavy atom. The van der Waals surface area contributed by atoms with Crippen molar-refractivity contribution in [3.8, 4) is 0 Å². The normalized spacial score (nSPS) is 14.8. The van der Waals surface area contributed by atoms with Gasteiger partial charge in [-0.05, 0) is 54.6 Å². The average Bonchev–Trinajstić information content (AvgIpc) is 3.38. The minimum Gasteiger partial charge on any atom is -0.379 e. The van der Waals surface area contributed by atoms with Crippen LogP contribution in [0.3, 0.4) is 0 Å². The molecule has 0 saturated carbocycles. The average molecular weight is 492 g/mol. The Hall–Kier alpha value is -3.23. The van der Waals surface area contributed by atoms with Crippen molar-refractivity contribution in [2.45, 2.75) is 6.54 Å². The van der Waals surface area contributed by atoms with Gasteiger partial charge in [0.25, 0.3) is 0 Å². The van der Waals surface area contributed by atoms with Crippen LogP contribution in [0, 0.1) is 0 Å². The molecule has 180 valence electrons. The number of aromatic nitrogens is 1. The maximum atomic E-state index is 5.54. The predicted octanol–water partition coefficient (Wildman–Crippen LogP) is 4.59. The molecule has 36 heavy (non-hydrogen) atoms. The summed E-state index contributed by atoms with van der Waals surface area (Å²) in [5, 5.41) is 6.93. The molecule has 0 radical (unpaired) electrons. The Bertz CT molecular complexity index is 1310. The fourth-order valence-electron chi connectivity index (χ4n) is 5.59. The van der Waals surface area contributed by atoms with Crippen LogP contribution in [0.25, 0.3) is 10.9 Å². The molecule has 4 heteroatoms. The minimum absolute atomic E-state index is 0.842. The van der Waals surface area contributed by atoms with Crippen LogP contribution < -0.4 is 21.2 Å². The number of benzene rings is 4. The number of nitrogens with zero attached hydrogens (tertiary/aromatic N) is 2. The van der Waals surface area contributed by atoms with E-state index in [0.29, 0.717) is 0 Å². The van der Waals surface area contributed by atoms with Gasteiger partial charge in [0, 0.05) is 37.8 Å². The highest BCUT2D eigenvalue weighted by Gasteiger charge is 2.48. The number of fused-ring (bicyclic) bond motifs is 1. The zero-order valence-electron chi connectivity index (χ0n) is 20.5. The van der Waals surface area contributed by atoms with E-state index in [1.54, 1.807) is 0 Å². The molecule has 1 aliphatic rings. The Labute approximate surface area is 214 Å². The summed E-state index contributed by atoms with van der Waals surface area (Å²) in [4.78, 5) is 2.51. The smallest absolute Gasteiger partial charge is 0.145 e. The van der Waals surface area contributed by atoms with Gasteiger partial charge in [0.05, 0.1) is 18.7 Å². The van der Waals surface area contributed by atoms with Gasteiger partial charge in [-0.2, -0.15) is 0 Å². The monoisotopic (exact) mass is 491 g/mol. The fraction of sp³-hybridized carbons (Fsp3) is 0.188. The number of ether oxygens (including phenoxy) is 1. The Balaban J connectivity index is 1.55. The molecule has 2 heterocycles. The molecule has 1 fully saturated rings. The number of hydrogen-bond donors (Lipinski definition) is 0. The van der Waals surface area contributed by atoms with E-state index in [0.717, 1.165) is 39.4 Å². The largest absolute Gasteiger partial charge is 0.379 e. The van der Waals surface area contributed by atoms with Gasteiger partial charge >= 0.3 is 0 Å². The summed E-state index contributed by atoms with van der Waals surface area (Å²) in [6.07, 6.45) is 2.28. The summed E-state index contributed by atoms with van der Waals surface area (Å²) in [5.41, 5.74) is 1.31. The first kappa shape index (κ1) is 23.2. The molecule has 0 aliphatic carbocycles. The van der Waals surface area contributed by atoms with Crippen molar-refractivity contribution in [2.75, 3.05) is 32.8 Å². The topological polar surface area (TPSA) is 17.4 Å². The highest BCUT2D eigenvalue weighted by atomic mass is 31.2.